The van der Waals surface area contributed by atoms with Crippen LogP contribution in [0, 0.1) is 11.6 Å². The van der Waals surface area contributed by atoms with Gasteiger partial charge in [0.2, 0.25) is 11.3 Å². The number of amides is 2. The van der Waals surface area contributed by atoms with E-state index in [4.69, 9.17) is 4.74 Å². The Morgan fingerprint density at radius 2 is 1.81 bits per heavy atom. The number of carbonyl (C=O) groups is 3. The average Bonchev–Trinajstić information content (AvgIpc) is 3.70. The van der Waals surface area contributed by atoms with Crippen molar-refractivity contribution < 1.29 is 33.0 Å². The maximum absolute atomic E-state index is 15.5. The van der Waals surface area contributed by atoms with E-state index in [1.165, 1.54) is 24.1 Å². The van der Waals surface area contributed by atoms with Crippen LogP contribution in [-0.4, -0.2) is 102 Å². The molecule has 0 spiro atoms. The summed E-state index contributed by atoms with van der Waals surface area (Å²) in [6, 6.07) is 5.75. The number of rotatable bonds is 9. The first-order valence-electron chi connectivity index (χ1n) is 16.2. The monoisotopic (exact) mass is 667 g/mol. The second-order valence-corrected chi connectivity index (χ2v) is 12.6. The molecule has 256 valence electrons. The second kappa shape index (κ2) is 13.4. The summed E-state index contributed by atoms with van der Waals surface area (Å²) in [4.78, 5) is 60.3. The van der Waals surface area contributed by atoms with Crippen molar-refractivity contribution in [2.75, 3.05) is 67.1 Å². The SMILES string of the molecule is CCC(C)n1cc(C(=O)O)c(=O)c2cc(F)c(N3CCC(N4CCN(c5ccc(N6C[C@H](CNC(C)=O)OC6=O)cc5F)CC4)C3)nc21. The molecule has 3 aliphatic rings. The predicted octanol–water partition coefficient (Wildman–Crippen LogP) is 3.21. The fourth-order valence-electron chi connectivity index (χ4n) is 6.72. The summed E-state index contributed by atoms with van der Waals surface area (Å²) in [5.74, 6) is -2.58. The number of cyclic esters (lactones) is 1. The molecular formula is C33H39F2N7O6. The van der Waals surface area contributed by atoms with Crippen LogP contribution in [0.15, 0.2) is 35.3 Å². The van der Waals surface area contributed by atoms with Gasteiger partial charge in [-0.2, -0.15) is 0 Å². The lowest BCUT2D eigenvalue weighted by atomic mass is 10.1. The van der Waals surface area contributed by atoms with Crippen LogP contribution in [0.3, 0.4) is 0 Å². The standard InChI is InChI=1S/C33H39F2N7O6/c1-4-19(2)41-18-25(32(45)46)29(44)24-14-27(35)31(37-30(24)41)40-8-7-22(16-40)38-9-11-39(12-10-38)28-6-5-21(13-26(28)34)42-17-23(48-33(42)47)15-36-20(3)43/h5-6,13-14,18-19,22-23H,4,7-12,15-17H2,1-3H3,(H,36,43)(H,45,46)/t19?,22?,23-/m0/s1. The van der Waals surface area contributed by atoms with Gasteiger partial charge in [0.25, 0.3) is 0 Å². The molecule has 13 nitrogen and oxygen atoms in total. The molecule has 0 bridgehead atoms. The Balaban J connectivity index is 1.11. The maximum atomic E-state index is 15.5. The maximum Gasteiger partial charge on any atom is 0.414 e. The smallest absolute Gasteiger partial charge is 0.414 e. The van der Waals surface area contributed by atoms with Crippen molar-refractivity contribution in [2.45, 2.75) is 51.8 Å². The molecule has 2 amide bonds. The number of carbonyl (C=O) groups excluding carboxylic acids is 2. The largest absolute Gasteiger partial charge is 0.477 e. The molecule has 1 aromatic carbocycles. The van der Waals surface area contributed by atoms with Crippen LogP contribution < -0.4 is 25.4 Å². The molecule has 2 aromatic heterocycles. The van der Waals surface area contributed by atoms with E-state index < -0.39 is 40.8 Å². The molecule has 2 N–H and O–H groups in total. The highest BCUT2D eigenvalue weighted by molar-refractivity contribution is 5.92. The van der Waals surface area contributed by atoms with E-state index in [9.17, 15) is 24.3 Å². The molecule has 0 saturated carbocycles. The molecular weight excluding hydrogens is 628 g/mol. The zero-order valence-electron chi connectivity index (χ0n) is 27.1. The Morgan fingerprint density at radius 1 is 1.06 bits per heavy atom. The van der Waals surface area contributed by atoms with Crippen LogP contribution in [0.25, 0.3) is 11.0 Å². The number of pyridine rings is 2. The summed E-state index contributed by atoms with van der Waals surface area (Å²) < 4.78 is 37.8. The van der Waals surface area contributed by atoms with Gasteiger partial charge in [-0.25, -0.2) is 23.4 Å². The molecule has 6 rings (SSSR count). The van der Waals surface area contributed by atoms with Gasteiger partial charge in [-0.15, -0.1) is 0 Å². The van der Waals surface area contributed by atoms with E-state index in [-0.39, 0.29) is 47.9 Å². The fraction of sp³-hybridized carbons (Fsp3) is 0.485. The van der Waals surface area contributed by atoms with Gasteiger partial charge >= 0.3 is 12.1 Å². The van der Waals surface area contributed by atoms with Gasteiger partial charge < -0.3 is 29.5 Å². The lowest BCUT2D eigenvalue weighted by Gasteiger charge is -2.39. The number of aromatic nitrogens is 2. The molecule has 3 atom stereocenters. The third-order valence-corrected chi connectivity index (χ3v) is 9.57. The predicted molar refractivity (Wildman–Crippen MR) is 175 cm³/mol. The van der Waals surface area contributed by atoms with Crippen LogP contribution in [0.5, 0.6) is 0 Å². The molecule has 3 saturated heterocycles. The highest BCUT2D eigenvalue weighted by Crippen LogP contribution is 2.31. The normalized spacial score (nSPS) is 20.8. The second-order valence-electron chi connectivity index (χ2n) is 12.6. The number of halogens is 2. The number of ether oxygens (including phenoxy) is 1. The van der Waals surface area contributed by atoms with Crippen molar-refractivity contribution in [3.8, 4) is 0 Å². The molecule has 5 heterocycles. The number of aromatic carboxylic acids is 1. The molecule has 2 unspecified atom stereocenters. The molecule has 15 heteroatoms. The van der Waals surface area contributed by atoms with Gasteiger partial charge in [-0.05, 0) is 44.0 Å². The third-order valence-electron chi connectivity index (χ3n) is 9.57. The van der Waals surface area contributed by atoms with Gasteiger partial charge in [0.15, 0.2) is 11.6 Å². The van der Waals surface area contributed by atoms with Crippen LogP contribution in [0.4, 0.5) is 30.8 Å². The lowest BCUT2D eigenvalue weighted by molar-refractivity contribution is -0.119. The van der Waals surface area contributed by atoms with Gasteiger partial charge in [-0.3, -0.25) is 19.4 Å². The van der Waals surface area contributed by atoms with Crippen molar-refractivity contribution in [1.82, 2.24) is 19.8 Å². The van der Waals surface area contributed by atoms with Crippen molar-refractivity contribution in [1.29, 1.82) is 0 Å². The summed E-state index contributed by atoms with van der Waals surface area (Å²) in [5, 5.41) is 12.1. The molecule has 3 aliphatic heterocycles. The van der Waals surface area contributed by atoms with Gasteiger partial charge in [0.05, 0.1) is 29.9 Å². The van der Waals surface area contributed by atoms with Gasteiger partial charge in [0.1, 0.15) is 23.1 Å². The number of fused-ring (bicyclic) bond motifs is 1. The lowest BCUT2D eigenvalue weighted by Crippen LogP contribution is -2.51. The van der Waals surface area contributed by atoms with Crippen molar-refractivity contribution >= 4 is 46.2 Å². The van der Waals surface area contributed by atoms with Crippen molar-refractivity contribution in [2.24, 2.45) is 0 Å². The fourth-order valence-corrected chi connectivity index (χ4v) is 6.72. The first-order chi connectivity index (χ1) is 22.9. The van der Waals surface area contributed by atoms with Gasteiger partial charge in [-0.1, -0.05) is 6.92 Å². The molecule has 0 aliphatic carbocycles. The van der Waals surface area contributed by atoms with Crippen molar-refractivity contribution in [3.05, 3.63) is 57.9 Å². The van der Waals surface area contributed by atoms with Crippen LogP contribution >= 0.6 is 0 Å². The van der Waals surface area contributed by atoms with E-state index in [1.807, 2.05) is 23.6 Å². The highest BCUT2D eigenvalue weighted by atomic mass is 19.1. The molecule has 3 aromatic rings. The highest BCUT2D eigenvalue weighted by Gasteiger charge is 2.35. The Morgan fingerprint density at radius 3 is 2.48 bits per heavy atom. The van der Waals surface area contributed by atoms with Gasteiger partial charge in [0, 0.05) is 64.5 Å². The summed E-state index contributed by atoms with van der Waals surface area (Å²) in [6.45, 7) is 9.17. The Labute approximate surface area is 275 Å². The zero-order chi connectivity index (χ0) is 34.3. The van der Waals surface area contributed by atoms with Crippen LogP contribution in [0.1, 0.15) is 50.0 Å². The van der Waals surface area contributed by atoms with Crippen LogP contribution in [-0.2, 0) is 9.53 Å². The minimum atomic E-state index is -1.37. The number of piperazine rings is 1. The molecule has 3 fully saturated rings. The number of carboxylic acid groups (broad SMARTS) is 1. The average molecular weight is 668 g/mol. The summed E-state index contributed by atoms with van der Waals surface area (Å²) >= 11 is 0. The number of anilines is 3. The van der Waals surface area contributed by atoms with E-state index in [0.717, 1.165) is 12.5 Å². The number of benzene rings is 1. The van der Waals surface area contributed by atoms with Crippen LogP contribution in [0.2, 0.25) is 0 Å². The number of hydrogen-bond donors (Lipinski definition) is 2. The number of hydrogen-bond acceptors (Lipinski definition) is 9. The number of nitrogens with one attached hydrogen (secondary N) is 1. The first kappa shape index (κ1) is 33.1. The number of nitrogens with zero attached hydrogens (tertiary/aromatic N) is 6. The van der Waals surface area contributed by atoms with E-state index in [0.29, 0.717) is 57.1 Å². The summed E-state index contributed by atoms with van der Waals surface area (Å²) in [7, 11) is 0. The Bertz CT molecular complexity index is 1810. The minimum Gasteiger partial charge on any atom is -0.477 e. The first-order valence-corrected chi connectivity index (χ1v) is 16.2. The Kier molecular flexibility index (Phi) is 9.23. The van der Waals surface area contributed by atoms with E-state index in [1.54, 1.807) is 16.7 Å². The molecule has 0 radical (unpaired) electrons. The minimum absolute atomic E-state index is 0.0601. The van der Waals surface area contributed by atoms with E-state index in [2.05, 4.69) is 15.2 Å². The Hall–Kier alpha value is -4.79. The number of carboxylic acids is 1. The zero-order valence-corrected chi connectivity index (χ0v) is 27.1. The molecule has 48 heavy (non-hydrogen) atoms. The third kappa shape index (κ3) is 6.38. The topological polar surface area (TPSA) is 141 Å². The summed E-state index contributed by atoms with van der Waals surface area (Å²) in [6.07, 6.45) is 1.62. The summed E-state index contributed by atoms with van der Waals surface area (Å²) in [5.41, 5.74) is -0.0991. The van der Waals surface area contributed by atoms with Crippen molar-refractivity contribution in [3.63, 3.8) is 0 Å². The quantitative estimate of drug-likeness (QED) is 0.350. The van der Waals surface area contributed by atoms with E-state index >= 15 is 8.78 Å².